The smallest absolute Gasteiger partial charge is 0.243 e. The van der Waals surface area contributed by atoms with E-state index in [2.05, 4.69) is 5.32 Å². The normalized spacial score (nSPS) is 16.7. The average molecular weight is 291 g/mol. The van der Waals surface area contributed by atoms with Gasteiger partial charge in [0.2, 0.25) is 10.0 Å². The highest BCUT2D eigenvalue weighted by molar-refractivity contribution is 7.89. The molecule has 1 heterocycles. The molecule has 5 nitrogen and oxygen atoms in total. The van der Waals surface area contributed by atoms with Crippen LogP contribution in [0.15, 0.2) is 23.1 Å². The number of nitrogens with zero attached hydrogens (tertiary/aromatic N) is 1. The third-order valence-electron chi connectivity index (χ3n) is 3.07. The second kappa shape index (κ2) is 5.05. The van der Waals surface area contributed by atoms with E-state index in [9.17, 15) is 8.42 Å². The quantitative estimate of drug-likeness (QED) is 0.897. The zero-order chi connectivity index (χ0) is 13.3. The molecule has 0 radical (unpaired) electrons. The Hall–Kier alpha value is -0.820. The molecule has 18 heavy (non-hydrogen) atoms. The topological polar surface area (TPSA) is 58.6 Å². The number of benzene rings is 1. The second-order valence-corrected chi connectivity index (χ2v) is 6.53. The van der Waals surface area contributed by atoms with Crippen LogP contribution in [0.5, 0.6) is 5.75 Å². The zero-order valence-corrected chi connectivity index (χ0v) is 11.8. The van der Waals surface area contributed by atoms with Crippen molar-refractivity contribution in [2.24, 2.45) is 0 Å². The van der Waals surface area contributed by atoms with Gasteiger partial charge in [-0.25, -0.2) is 8.42 Å². The van der Waals surface area contributed by atoms with E-state index in [1.165, 1.54) is 23.5 Å². The molecule has 0 atom stereocenters. The predicted molar refractivity (Wildman–Crippen MR) is 69.6 cm³/mol. The maximum absolute atomic E-state index is 12.3. The van der Waals surface area contributed by atoms with Crippen molar-refractivity contribution in [1.82, 2.24) is 9.62 Å². The highest BCUT2D eigenvalue weighted by atomic mass is 35.5. The third-order valence-corrected chi connectivity index (χ3v) is 5.28. The summed E-state index contributed by atoms with van der Waals surface area (Å²) in [7, 11) is -0.423. The molecule has 1 fully saturated rings. The van der Waals surface area contributed by atoms with Crippen LogP contribution in [0.1, 0.15) is 0 Å². The van der Waals surface area contributed by atoms with E-state index in [4.69, 9.17) is 16.3 Å². The Bertz CT molecular complexity index is 543. The van der Waals surface area contributed by atoms with Gasteiger partial charge < -0.3 is 10.1 Å². The lowest BCUT2D eigenvalue weighted by Gasteiger charge is -2.34. The summed E-state index contributed by atoms with van der Waals surface area (Å²) in [6.45, 7) is 1.36. The van der Waals surface area contributed by atoms with E-state index in [-0.39, 0.29) is 10.9 Å². The van der Waals surface area contributed by atoms with Crippen LogP contribution in [0, 0.1) is 0 Å². The number of rotatable bonds is 4. The van der Waals surface area contributed by atoms with Gasteiger partial charge in [0.25, 0.3) is 0 Å². The van der Waals surface area contributed by atoms with E-state index in [0.717, 1.165) is 0 Å². The fourth-order valence-corrected chi connectivity index (χ4v) is 3.40. The molecule has 1 saturated heterocycles. The van der Waals surface area contributed by atoms with Gasteiger partial charge in [-0.05, 0) is 18.2 Å². The standard InChI is InChI=1S/C11H15ClN2O3S/c1-14(8-6-13-7-8)18(15,16)9-3-4-11(17-2)10(12)5-9/h3-5,8,13H,6-7H2,1-2H3. The van der Waals surface area contributed by atoms with Crippen LogP contribution in [-0.4, -0.2) is 46.0 Å². The van der Waals surface area contributed by atoms with Gasteiger partial charge >= 0.3 is 0 Å². The van der Waals surface area contributed by atoms with E-state index in [1.807, 2.05) is 0 Å². The van der Waals surface area contributed by atoms with Gasteiger partial charge in [-0.15, -0.1) is 0 Å². The Kier molecular flexibility index (Phi) is 3.82. The number of sulfonamides is 1. The van der Waals surface area contributed by atoms with E-state index < -0.39 is 10.0 Å². The van der Waals surface area contributed by atoms with Crippen LogP contribution in [0.4, 0.5) is 0 Å². The lowest BCUT2D eigenvalue weighted by Crippen LogP contribution is -2.57. The summed E-state index contributed by atoms with van der Waals surface area (Å²) in [5, 5.41) is 3.33. The molecule has 7 heteroatoms. The largest absolute Gasteiger partial charge is 0.495 e. The summed E-state index contributed by atoms with van der Waals surface area (Å²) in [6, 6.07) is 4.49. The van der Waals surface area contributed by atoms with Crippen molar-refractivity contribution in [3.05, 3.63) is 23.2 Å². The van der Waals surface area contributed by atoms with Crippen LogP contribution >= 0.6 is 11.6 Å². The molecule has 2 rings (SSSR count). The van der Waals surface area contributed by atoms with Gasteiger partial charge in [0.15, 0.2) is 0 Å². The molecule has 0 aliphatic carbocycles. The highest BCUT2D eigenvalue weighted by Crippen LogP contribution is 2.28. The molecular weight excluding hydrogens is 276 g/mol. The van der Waals surface area contributed by atoms with E-state index in [0.29, 0.717) is 23.9 Å². The molecule has 1 aliphatic rings. The third kappa shape index (κ3) is 2.33. The van der Waals surface area contributed by atoms with Crippen molar-refractivity contribution in [1.29, 1.82) is 0 Å². The van der Waals surface area contributed by atoms with Gasteiger partial charge in [0.1, 0.15) is 5.75 Å². The van der Waals surface area contributed by atoms with Crippen molar-refractivity contribution in [3.8, 4) is 5.75 Å². The summed E-state index contributed by atoms with van der Waals surface area (Å²) in [5.74, 6) is 0.462. The molecular formula is C11H15ClN2O3S. The number of hydrogen-bond donors (Lipinski definition) is 1. The Morgan fingerprint density at radius 1 is 1.44 bits per heavy atom. The summed E-state index contributed by atoms with van der Waals surface area (Å²) >= 11 is 5.95. The Morgan fingerprint density at radius 2 is 2.11 bits per heavy atom. The average Bonchev–Trinajstić information content (AvgIpc) is 2.26. The van der Waals surface area contributed by atoms with Gasteiger partial charge in [-0.2, -0.15) is 4.31 Å². The van der Waals surface area contributed by atoms with Crippen LogP contribution in [-0.2, 0) is 10.0 Å². The SMILES string of the molecule is COc1ccc(S(=O)(=O)N(C)C2CNC2)cc1Cl. The minimum absolute atomic E-state index is 0.0101. The van der Waals surface area contributed by atoms with E-state index in [1.54, 1.807) is 13.1 Å². The summed E-state index contributed by atoms with van der Waals surface area (Å²) < 4.78 is 31.0. The van der Waals surface area contributed by atoms with E-state index >= 15 is 0 Å². The summed E-state index contributed by atoms with van der Waals surface area (Å²) in [4.78, 5) is 0.183. The molecule has 0 saturated carbocycles. The van der Waals surface area contributed by atoms with Crippen molar-refractivity contribution in [2.45, 2.75) is 10.9 Å². The number of ether oxygens (including phenoxy) is 1. The molecule has 1 N–H and O–H groups in total. The van der Waals surface area contributed by atoms with Gasteiger partial charge in [-0.3, -0.25) is 0 Å². The second-order valence-electron chi connectivity index (χ2n) is 4.13. The monoisotopic (exact) mass is 290 g/mol. The molecule has 0 spiro atoms. The fraction of sp³-hybridized carbons (Fsp3) is 0.455. The number of likely N-dealkylation sites (N-methyl/N-ethyl adjacent to an activating group) is 1. The number of methoxy groups -OCH3 is 1. The first-order valence-electron chi connectivity index (χ1n) is 5.49. The highest BCUT2D eigenvalue weighted by Gasteiger charge is 2.31. The summed E-state index contributed by atoms with van der Waals surface area (Å²) in [6.07, 6.45) is 0. The Labute approximate surface area is 112 Å². The fourth-order valence-electron chi connectivity index (χ4n) is 1.70. The summed E-state index contributed by atoms with van der Waals surface area (Å²) in [5.41, 5.74) is 0. The Morgan fingerprint density at radius 3 is 2.56 bits per heavy atom. The van der Waals surface area contributed by atoms with Crippen LogP contribution in [0.25, 0.3) is 0 Å². The number of halogens is 1. The van der Waals surface area contributed by atoms with Crippen LogP contribution in [0.3, 0.4) is 0 Å². The predicted octanol–water partition coefficient (Wildman–Crippen LogP) is 0.941. The first kappa shape index (κ1) is 13.6. The molecule has 0 amide bonds. The van der Waals surface area contributed by atoms with Crippen molar-refractivity contribution < 1.29 is 13.2 Å². The number of nitrogens with one attached hydrogen (secondary N) is 1. The Balaban J connectivity index is 2.31. The molecule has 1 aliphatic heterocycles. The number of hydrogen-bond acceptors (Lipinski definition) is 4. The van der Waals surface area contributed by atoms with Crippen molar-refractivity contribution in [3.63, 3.8) is 0 Å². The first-order chi connectivity index (χ1) is 8.46. The lowest BCUT2D eigenvalue weighted by molar-refractivity contribution is 0.274. The first-order valence-corrected chi connectivity index (χ1v) is 7.31. The van der Waals surface area contributed by atoms with Crippen molar-refractivity contribution >= 4 is 21.6 Å². The van der Waals surface area contributed by atoms with Gasteiger partial charge in [0.05, 0.1) is 17.0 Å². The minimum Gasteiger partial charge on any atom is -0.495 e. The molecule has 0 aromatic heterocycles. The lowest BCUT2D eigenvalue weighted by atomic mass is 10.2. The van der Waals surface area contributed by atoms with Gasteiger partial charge in [-0.1, -0.05) is 11.6 Å². The van der Waals surface area contributed by atoms with Crippen molar-refractivity contribution in [2.75, 3.05) is 27.2 Å². The minimum atomic E-state index is -3.49. The van der Waals surface area contributed by atoms with Crippen LogP contribution < -0.4 is 10.1 Å². The molecule has 1 aromatic carbocycles. The molecule has 100 valence electrons. The maximum Gasteiger partial charge on any atom is 0.243 e. The molecule has 1 aromatic rings. The molecule has 0 unspecified atom stereocenters. The zero-order valence-electron chi connectivity index (χ0n) is 10.2. The molecule has 0 bridgehead atoms. The van der Waals surface area contributed by atoms with Crippen LogP contribution in [0.2, 0.25) is 5.02 Å². The maximum atomic E-state index is 12.3. The van der Waals surface area contributed by atoms with Gasteiger partial charge in [0, 0.05) is 26.2 Å².